The first-order chi connectivity index (χ1) is 21.5. The van der Waals surface area contributed by atoms with Crippen LogP contribution in [0.1, 0.15) is 68.8 Å². The molecule has 14 nitrogen and oxygen atoms in total. The van der Waals surface area contributed by atoms with Crippen LogP contribution in [0, 0.1) is 0 Å². The largest absolute Gasteiger partial charge is 0.507 e. The maximum atomic E-state index is 13.8. The Morgan fingerprint density at radius 1 is 1.09 bits per heavy atom. The van der Waals surface area contributed by atoms with Crippen LogP contribution in [0.4, 0.5) is 0 Å². The molecule has 3 saturated heterocycles. The monoisotopic (exact) mass is 626 g/mol. The number of ether oxygens (including phenoxy) is 6. The average Bonchev–Trinajstić information content (AvgIpc) is 3.40. The number of morpholine rings is 1. The third-order valence-electron chi connectivity index (χ3n) is 9.64. The van der Waals surface area contributed by atoms with Crippen LogP contribution in [0.5, 0.6) is 17.2 Å². The van der Waals surface area contributed by atoms with Gasteiger partial charge in [0, 0.05) is 55.6 Å². The van der Waals surface area contributed by atoms with Gasteiger partial charge in [-0.2, -0.15) is 0 Å². The molecular weight excluding hydrogens is 592 g/mol. The Kier molecular flexibility index (Phi) is 7.16. The number of aliphatic hydroxyl groups is 1. The molecule has 2 aliphatic carbocycles. The van der Waals surface area contributed by atoms with Crippen molar-refractivity contribution in [3.63, 3.8) is 0 Å². The molecular formula is C31H34N2O12. The summed E-state index contributed by atoms with van der Waals surface area (Å²) in [5, 5.41) is 34.6. The van der Waals surface area contributed by atoms with Crippen molar-refractivity contribution in [1.29, 1.82) is 0 Å². The fraction of sp³-hybridized carbons (Fsp3) is 0.516. The lowest BCUT2D eigenvalue weighted by atomic mass is 9.72. The maximum absolute atomic E-state index is 13.8. The summed E-state index contributed by atoms with van der Waals surface area (Å²) < 4.78 is 35.3. The molecule has 8 atom stereocenters. The van der Waals surface area contributed by atoms with Crippen LogP contribution in [-0.4, -0.2) is 108 Å². The van der Waals surface area contributed by atoms with Gasteiger partial charge in [0.2, 0.25) is 11.7 Å². The number of aromatic hydroxyl groups is 2. The normalized spacial score (nSPS) is 33.9. The Morgan fingerprint density at radius 3 is 2.56 bits per heavy atom. The first-order valence-electron chi connectivity index (χ1n) is 14.7. The van der Waals surface area contributed by atoms with E-state index < -0.39 is 89.6 Å². The van der Waals surface area contributed by atoms with Crippen molar-refractivity contribution in [3.05, 3.63) is 51.6 Å². The molecule has 2 aromatic carbocycles. The second-order valence-electron chi connectivity index (χ2n) is 12.1. The van der Waals surface area contributed by atoms with E-state index in [0.29, 0.717) is 19.6 Å². The van der Waals surface area contributed by atoms with Crippen LogP contribution in [0.25, 0.3) is 0 Å². The molecule has 45 heavy (non-hydrogen) atoms. The fourth-order valence-electron chi connectivity index (χ4n) is 7.52. The molecule has 8 unspecified atom stereocenters. The zero-order chi connectivity index (χ0) is 31.9. The van der Waals surface area contributed by atoms with Crippen molar-refractivity contribution >= 4 is 17.5 Å². The minimum atomic E-state index is -2.21. The molecule has 0 aromatic heterocycles. The Hall–Kier alpha value is -3.63. The van der Waals surface area contributed by atoms with E-state index in [0.717, 1.165) is 0 Å². The van der Waals surface area contributed by atoms with Crippen LogP contribution in [0.15, 0.2) is 18.2 Å². The molecule has 3 fully saturated rings. The molecule has 1 amide bonds. The van der Waals surface area contributed by atoms with Crippen molar-refractivity contribution in [2.45, 2.75) is 74.9 Å². The van der Waals surface area contributed by atoms with E-state index in [-0.39, 0.29) is 40.1 Å². The molecule has 0 spiro atoms. The van der Waals surface area contributed by atoms with Gasteiger partial charge in [0.05, 0.1) is 42.6 Å². The second kappa shape index (κ2) is 10.7. The number of nitrogens with zero attached hydrogens (tertiary/aromatic N) is 1. The molecule has 7 rings (SSSR count). The third-order valence-corrected chi connectivity index (χ3v) is 9.64. The van der Waals surface area contributed by atoms with Gasteiger partial charge in [-0.1, -0.05) is 12.1 Å². The highest BCUT2D eigenvalue weighted by Crippen LogP contribution is 2.52. The predicted octanol–water partition coefficient (Wildman–Crippen LogP) is 0.635. The Balaban J connectivity index is 1.29. The number of rotatable bonds is 5. The number of fused-ring (bicyclic) bond motifs is 6. The number of hydrogen-bond acceptors (Lipinski definition) is 13. The first kappa shape index (κ1) is 30.0. The van der Waals surface area contributed by atoms with E-state index in [2.05, 4.69) is 4.90 Å². The van der Waals surface area contributed by atoms with Gasteiger partial charge in [-0.15, -0.1) is 0 Å². The molecule has 5 aliphatic rings. The Labute approximate surface area is 257 Å². The number of phenolic OH excluding ortho intramolecular Hbond substituents is 2. The number of hydrogen-bond donors (Lipinski definition) is 4. The van der Waals surface area contributed by atoms with Gasteiger partial charge in [0.1, 0.15) is 29.0 Å². The summed E-state index contributed by atoms with van der Waals surface area (Å²) in [4.78, 5) is 42.2. The van der Waals surface area contributed by atoms with Gasteiger partial charge >= 0.3 is 0 Å². The number of methoxy groups -OCH3 is 2. The van der Waals surface area contributed by atoms with E-state index in [4.69, 9.17) is 34.2 Å². The van der Waals surface area contributed by atoms with Gasteiger partial charge in [-0.05, 0) is 13.0 Å². The number of ketones is 2. The van der Waals surface area contributed by atoms with Gasteiger partial charge < -0.3 is 49.5 Å². The summed E-state index contributed by atoms with van der Waals surface area (Å²) in [7, 11) is 2.89. The van der Waals surface area contributed by atoms with Crippen LogP contribution < -0.4 is 10.5 Å². The average molecular weight is 627 g/mol. The highest BCUT2D eigenvalue weighted by molar-refractivity contribution is 6.31. The van der Waals surface area contributed by atoms with Crippen molar-refractivity contribution < 1.29 is 58.1 Å². The number of benzene rings is 2. The zero-order valence-electron chi connectivity index (χ0n) is 24.8. The van der Waals surface area contributed by atoms with Crippen molar-refractivity contribution in [3.8, 4) is 17.2 Å². The number of nitrogens with two attached hydrogens (primary N) is 1. The van der Waals surface area contributed by atoms with Crippen LogP contribution in [0.2, 0.25) is 0 Å². The molecule has 0 bridgehead atoms. The lowest BCUT2D eigenvalue weighted by molar-refractivity contribution is -0.256. The topological polar surface area (TPSA) is 197 Å². The standard InChI is InChI=1S/C31H34N2O12/c1-12-27-15(33-7-8-42-29(41-3)28(33)45-27)9-18(43-12)44-17-11-31(39,30(32)38)10-14-20(17)26(37)22-21(24(14)35)23(34)13-5-4-6-16(40-2)19(13)25(22)36/h4-6,12,15,17-18,27-29,35,37,39H,7-11H2,1-3H3,(H2,32,38). The van der Waals surface area contributed by atoms with E-state index in [1.165, 1.54) is 25.3 Å². The van der Waals surface area contributed by atoms with Crippen molar-refractivity contribution in [1.82, 2.24) is 4.90 Å². The third kappa shape index (κ3) is 4.39. The molecule has 3 aliphatic heterocycles. The molecule has 3 heterocycles. The number of primary amides is 1. The van der Waals surface area contributed by atoms with Gasteiger partial charge in [0.15, 0.2) is 24.6 Å². The van der Waals surface area contributed by atoms with Gasteiger partial charge in [-0.25, -0.2) is 0 Å². The number of carbonyl (C=O) groups excluding carboxylic acids is 3. The fourth-order valence-corrected chi connectivity index (χ4v) is 7.52. The van der Waals surface area contributed by atoms with E-state index >= 15 is 0 Å². The molecule has 0 radical (unpaired) electrons. The number of amides is 1. The summed E-state index contributed by atoms with van der Waals surface area (Å²) in [5.74, 6) is -3.68. The minimum Gasteiger partial charge on any atom is -0.507 e. The molecule has 2 aromatic rings. The lowest BCUT2D eigenvalue weighted by Gasteiger charge is -2.43. The summed E-state index contributed by atoms with van der Waals surface area (Å²) >= 11 is 0. The molecule has 0 saturated carbocycles. The Bertz CT molecular complexity index is 1610. The summed E-state index contributed by atoms with van der Waals surface area (Å²) in [6.07, 6.45) is -4.62. The van der Waals surface area contributed by atoms with Gasteiger partial charge in [0.25, 0.3) is 0 Å². The highest BCUT2D eigenvalue weighted by Gasteiger charge is 2.55. The van der Waals surface area contributed by atoms with E-state index in [1.807, 2.05) is 6.92 Å². The first-order valence-corrected chi connectivity index (χ1v) is 14.7. The maximum Gasteiger partial charge on any atom is 0.249 e. The lowest BCUT2D eigenvalue weighted by Crippen LogP contribution is -2.55. The van der Waals surface area contributed by atoms with E-state index in [1.54, 1.807) is 7.11 Å². The SMILES string of the molecule is COc1cccc2c1C(=O)c1c(O)c3c(c(O)c1C2=O)CC(O)(C(N)=O)CC3OC1CC2C(OC3C(OC)OCCN23)C(C)O1. The second-order valence-corrected chi connectivity index (χ2v) is 12.1. The quantitative estimate of drug-likeness (QED) is 0.288. The smallest absolute Gasteiger partial charge is 0.249 e. The highest BCUT2D eigenvalue weighted by atomic mass is 16.7. The number of phenols is 2. The molecule has 240 valence electrons. The van der Waals surface area contributed by atoms with Crippen molar-refractivity contribution in [2.24, 2.45) is 5.73 Å². The van der Waals surface area contributed by atoms with Gasteiger partial charge in [-0.3, -0.25) is 19.3 Å². The van der Waals surface area contributed by atoms with Crippen LogP contribution >= 0.6 is 0 Å². The predicted molar refractivity (Wildman–Crippen MR) is 151 cm³/mol. The zero-order valence-corrected chi connectivity index (χ0v) is 24.8. The van der Waals surface area contributed by atoms with Crippen molar-refractivity contribution in [2.75, 3.05) is 27.4 Å². The summed E-state index contributed by atoms with van der Waals surface area (Å²) in [6, 6.07) is 4.30. The molecule has 5 N–H and O–H groups in total. The summed E-state index contributed by atoms with van der Waals surface area (Å²) in [6.45, 7) is 2.85. The Morgan fingerprint density at radius 2 is 1.84 bits per heavy atom. The minimum absolute atomic E-state index is 0.0228. The number of carbonyl (C=O) groups is 3. The van der Waals surface area contributed by atoms with Crippen LogP contribution in [0.3, 0.4) is 0 Å². The van der Waals surface area contributed by atoms with Crippen LogP contribution in [-0.2, 0) is 34.9 Å². The van der Waals surface area contributed by atoms with E-state index in [9.17, 15) is 29.7 Å². The molecule has 14 heteroatoms. The summed E-state index contributed by atoms with van der Waals surface area (Å²) in [5.41, 5.74) is 2.30.